The summed E-state index contributed by atoms with van der Waals surface area (Å²) in [5, 5.41) is 13.6. The van der Waals surface area contributed by atoms with E-state index >= 15 is 0 Å². The van der Waals surface area contributed by atoms with Crippen LogP contribution in [0.2, 0.25) is 0 Å². The fourth-order valence-electron chi connectivity index (χ4n) is 3.86. The first-order chi connectivity index (χ1) is 13.1. The molecule has 2 aliphatic heterocycles. The largest absolute Gasteiger partial charge is 0.475 e. The lowest BCUT2D eigenvalue weighted by Crippen LogP contribution is -2.42. The van der Waals surface area contributed by atoms with Gasteiger partial charge in [0.1, 0.15) is 5.82 Å². The van der Waals surface area contributed by atoms with Crippen LogP contribution in [0.15, 0.2) is 47.2 Å². The topological polar surface area (TPSA) is 93.4 Å². The summed E-state index contributed by atoms with van der Waals surface area (Å²) < 4.78 is 8.86. The minimum absolute atomic E-state index is 0.213. The molecule has 1 saturated heterocycles. The van der Waals surface area contributed by atoms with Crippen LogP contribution in [0.4, 0.5) is 0 Å². The second-order valence-electron chi connectivity index (χ2n) is 6.38. The van der Waals surface area contributed by atoms with E-state index < -0.39 is 11.7 Å². The first-order valence-electron chi connectivity index (χ1n) is 8.39. The molecule has 4 heterocycles. The van der Waals surface area contributed by atoms with Crippen molar-refractivity contribution in [2.45, 2.75) is 12.3 Å². The number of pyridine rings is 1. The number of hydrogen-bond acceptors (Lipinski definition) is 6. The number of benzene rings is 1. The molecule has 0 aliphatic carbocycles. The molecule has 0 saturated carbocycles. The molecule has 1 fully saturated rings. The molecule has 0 amide bonds. The Morgan fingerprint density at radius 3 is 2.85 bits per heavy atom. The Morgan fingerprint density at radius 2 is 2.07 bits per heavy atom. The quantitative estimate of drug-likeness (QED) is 0.669. The van der Waals surface area contributed by atoms with E-state index in [4.69, 9.17) is 4.74 Å². The van der Waals surface area contributed by atoms with Crippen LogP contribution in [0, 0.1) is 0 Å². The number of aromatic carboxylic acids is 1. The Kier molecular flexibility index (Phi) is 3.64. The molecule has 27 heavy (non-hydrogen) atoms. The van der Waals surface area contributed by atoms with Crippen molar-refractivity contribution in [3.8, 4) is 5.69 Å². The standard InChI is InChI=1S/C18H14BrN5O3/c19-12-1-2-14-13(9-12)18(11-3-5-20-6-4-11)23(7-8-27-18)10-15-21-16(17(25)26)22-24(14)15/h1-6,9H,7-8,10H2,(H,25,26). The summed E-state index contributed by atoms with van der Waals surface area (Å²) in [5.41, 5.74) is 1.77. The lowest BCUT2D eigenvalue weighted by atomic mass is 9.92. The summed E-state index contributed by atoms with van der Waals surface area (Å²) in [6.45, 7) is 1.65. The molecular weight excluding hydrogens is 414 g/mol. The van der Waals surface area contributed by atoms with Crippen molar-refractivity contribution in [1.82, 2.24) is 24.6 Å². The molecule has 1 N–H and O–H groups in total. The molecule has 2 aromatic heterocycles. The molecule has 5 rings (SSSR count). The van der Waals surface area contributed by atoms with Crippen molar-refractivity contribution in [2.75, 3.05) is 13.2 Å². The number of rotatable bonds is 2. The van der Waals surface area contributed by atoms with E-state index in [9.17, 15) is 9.90 Å². The smallest absolute Gasteiger partial charge is 0.375 e. The third-order valence-corrected chi connectivity index (χ3v) is 5.43. The molecule has 1 unspecified atom stereocenters. The second kappa shape index (κ2) is 5.95. The zero-order valence-electron chi connectivity index (χ0n) is 14.0. The molecule has 0 spiro atoms. The highest BCUT2D eigenvalue weighted by Gasteiger charge is 2.49. The highest BCUT2D eigenvalue weighted by molar-refractivity contribution is 9.10. The van der Waals surface area contributed by atoms with Gasteiger partial charge in [-0.2, -0.15) is 0 Å². The predicted molar refractivity (Wildman–Crippen MR) is 97.4 cm³/mol. The van der Waals surface area contributed by atoms with Crippen molar-refractivity contribution >= 4 is 21.9 Å². The Bertz CT molecular complexity index is 1050. The predicted octanol–water partition coefficient (Wildman–Crippen LogP) is 2.17. The molecule has 2 aliphatic rings. The number of halogens is 1. The molecule has 1 atom stereocenters. The number of carbonyl (C=O) groups is 1. The highest BCUT2D eigenvalue weighted by atomic mass is 79.9. The number of carboxylic acid groups (broad SMARTS) is 1. The van der Waals surface area contributed by atoms with Crippen LogP contribution in [0.1, 0.15) is 27.6 Å². The van der Waals surface area contributed by atoms with Gasteiger partial charge in [0, 0.05) is 34.5 Å². The van der Waals surface area contributed by atoms with Crippen LogP contribution < -0.4 is 0 Å². The van der Waals surface area contributed by atoms with Gasteiger partial charge >= 0.3 is 5.97 Å². The van der Waals surface area contributed by atoms with E-state index in [1.807, 2.05) is 30.3 Å². The van der Waals surface area contributed by atoms with E-state index in [1.165, 1.54) is 0 Å². The Labute approximate surface area is 162 Å². The monoisotopic (exact) mass is 427 g/mol. The fourth-order valence-corrected chi connectivity index (χ4v) is 4.22. The number of hydrogen-bond donors (Lipinski definition) is 1. The van der Waals surface area contributed by atoms with Gasteiger partial charge in [0.2, 0.25) is 0 Å². The summed E-state index contributed by atoms with van der Waals surface area (Å²) in [7, 11) is 0. The van der Waals surface area contributed by atoms with Crippen LogP contribution >= 0.6 is 15.9 Å². The van der Waals surface area contributed by atoms with Gasteiger partial charge in [-0.1, -0.05) is 15.9 Å². The number of nitrogens with zero attached hydrogens (tertiary/aromatic N) is 5. The van der Waals surface area contributed by atoms with Crippen molar-refractivity contribution in [3.63, 3.8) is 0 Å². The molecule has 8 nitrogen and oxygen atoms in total. The van der Waals surface area contributed by atoms with Crippen molar-refractivity contribution in [1.29, 1.82) is 0 Å². The van der Waals surface area contributed by atoms with Crippen LogP contribution in [0.25, 0.3) is 5.69 Å². The molecule has 136 valence electrons. The van der Waals surface area contributed by atoms with Crippen molar-refractivity contribution in [2.24, 2.45) is 0 Å². The first-order valence-corrected chi connectivity index (χ1v) is 9.18. The lowest BCUT2D eigenvalue weighted by Gasteiger charge is -2.36. The van der Waals surface area contributed by atoms with Crippen molar-refractivity contribution < 1.29 is 14.6 Å². The van der Waals surface area contributed by atoms with Gasteiger partial charge in [0.15, 0.2) is 5.72 Å². The highest BCUT2D eigenvalue weighted by Crippen LogP contribution is 2.46. The van der Waals surface area contributed by atoms with Crippen LogP contribution in [-0.2, 0) is 17.0 Å². The second-order valence-corrected chi connectivity index (χ2v) is 7.30. The van der Waals surface area contributed by atoms with Gasteiger partial charge in [-0.3, -0.25) is 9.88 Å². The summed E-state index contributed by atoms with van der Waals surface area (Å²) in [6, 6.07) is 9.67. The maximum Gasteiger partial charge on any atom is 0.375 e. The fraction of sp³-hybridized carbons (Fsp3) is 0.222. The van der Waals surface area contributed by atoms with E-state index in [0.717, 1.165) is 21.3 Å². The first kappa shape index (κ1) is 16.5. The van der Waals surface area contributed by atoms with Gasteiger partial charge in [0.25, 0.3) is 5.82 Å². The van der Waals surface area contributed by atoms with Gasteiger partial charge < -0.3 is 9.84 Å². The number of carboxylic acids is 1. The van der Waals surface area contributed by atoms with E-state index in [2.05, 4.69) is 35.9 Å². The van der Waals surface area contributed by atoms with Gasteiger partial charge in [-0.15, -0.1) is 5.10 Å². The third-order valence-electron chi connectivity index (χ3n) is 4.94. The average Bonchev–Trinajstić information content (AvgIpc) is 3.26. The molecular formula is C18H14BrN5O3. The van der Waals surface area contributed by atoms with E-state index in [1.54, 1.807) is 17.1 Å². The molecule has 0 radical (unpaired) electrons. The Morgan fingerprint density at radius 1 is 1.26 bits per heavy atom. The van der Waals surface area contributed by atoms with Crippen LogP contribution in [0.5, 0.6) is 0 Å². The summed E-state index contributed by atoms with van der Waals surface area (Å²) in [5.74, 6) is -0.792. The van der Waals surface area contributed by atoms with E-state index in [-0.39, 0.29) is 5.82 Å². The zero-order valence-corrected chi connectivity index (χ0v) is 15.6. The molecule has 9 heteroatoms. The minimum atomic E-state index is -1.15. The SMILES string of the molecule is O=C(O)c1nc2n(n1)-c1ccc(Br)cc1C1(c3ccncc3)OCCN1C2. The van der Waals surface area contributed by atoms with Crippen LogP contribution in [0.3, 0.4) is 0 Å². The van der Waals surface area contributed by atoms with Gasteiger partial charge in [-0.25, -0.2) is 14.5 Å². The maximum atomic E-state index is 11.4. The number of ether oxygens (including phenoxy) is 1. The number of aromatic nitrogens is 4. The third kappa shape index (κ3) is 2.35. The molecule has 1 aromatic carbocycles. The van der Waals surface area contributed by atoms with E-state index in [0.29, 0.717) is 25.5 Å². The van der Waals surface area contributed by atoms with Gasteiger partial charge in [-0.05, 0) is 30.3 Å². The summed E-state index contributed by atoms with van der Waals surface area (Å²) in [6.07, 6.45) is 3.48. The van der Waals surface area contributed by atoms with Crippen LogP contribution in [-0.4, -0.2) is 48.9 Å². The lowest BCUT2D eigenvalue weighted by molar-refractivity contribution is -0.0552. The maximum absolute atomic E-state index is 11.4. The Balaban J connectivity index is 1.83. The van der Waals surface area contributed by atoms with Gasteiger partial charge in [0.05, 0.1) is 18.8 Å². The normalized spacial score (nSPS) is 21.2. The molecule has 0 bridgehead atoms. The van der Waals surface area contributed by atoms with Crippen molar-refractivity contribution in [3.05, 3.63) is 70.0 Å². The summed E-state index contributed by atoms with van der Waals surface area (Å²) in [4.78, 5) is 21.9. The molecule has 3 aromatic rings. The number of fused-ring (bicyclic) bond motifs is 5. The Hall–Kier alpha value is -2.62. The minimum Gasteiger partial charge on any atom is -0.475 e. The average molecular weight is 428 g/mol. The zero-order chi connectivity index (χ0) is 18.6. The summed E-state index contributed by atoms with van der Waals surface area (Å²) >= 11 is 3.55.